The van der Waals surface area contributed by atoms with Gasteiger partial charge in [0.1, 0.15) is 0 Å². The van der Waals surface area contributed by atoms with Crippen LogP contribution in [0.2, 0.25) is 0 Å². The molecule has 0 heterocycles. The summed E-state index contributed by atoms with van der Waals surface area (Å²) >= 11 is 0. The number of hydrogen-bond acceptors (Lipinski definition) is 3. The topological polar surface area (TPSA) is 43.4 Å². The van der Waals surface area contributed by atoms with Crippen LogP contribution in [-0.2, 0) is 14.3 Å². The first-order chi connectivity index (χ1) is 8.81. The molecule has 19 heavy (non-hydrogen) atoms. The quantitative estimate of drug-likeness (QED) is 0.718. The lowest BCUT2D eigenvalue weighted by Crippen LogP contribution is -2.61. The first kappa shape index (κ1) is 14.5. The number of Topliss-reactive ketones (excluding diaryl/α,β-unsaturated/α-hetero) is 1. The molecule has 3 nitrogen and oxygen atoms in total. The Morgan fingerprint density at radius 1 is 1.37 bits per heavy atom. The van der Waals surface area contributed by atoms with Gasteiger partial charge in [0.15, 0.2) is 11.4 Å². The second-order valence-electron chi connectivity index (χ2n) is 7.00. The fraction of sp³-hybridized carbons (Fsp3) is 0.875. The van der Waals surface area contributed by atoms with Crippen molar-refractivity contribution in [2.75, 3.05) is 0 Å². The van der Waals surface area contributed by atoms with E-state index in [1.54, 1.807) is 0 Å². The number of ketones is 1. The number of ether oxygens (including phenoxy) is 1. The van der Waals surface area contributed by atoms with Crippen LogP contribution in [0.4, 0.5) is 0 Å². The Morgan fingerprint density at radius 2 is 2.05 bits per heavy atom. The van der Waals surface area contributed by atoms with Crippen molar-refractivity contribution in [2.45, 2.75) is 71.8 Å². The molecule has 2 fully saturated rings. The van der Waals surface area contributed by atoms with Crippen LogP contribution in [0.25, 0.3) is 0 Å². The van der Waals surface area contributed by atoms with E-state index >= 15 is 0 Å². The van der Waals surface area contributed by atoms with Crippen molar-refractivity contribution in [1.82, 2.24) is 0 Å². The highest BCUT2D eigenvalue weighted by molar-refractivity contribution is 5.91. The van der Waals surface area contributed by atoms with Crippen LogP contribution in [0.15, 0.2) is 0 Å². The van der Waals surface area contributed by atoms with E-state index in [0.29, 0.717) is 18.3 Å². The van der Waals surface area contributed by atoms with Crippen molar-refractivity contribution < 1.29 is 14.3 Å². The molecule has 0 aromatic carbocycles. The van der Waals surface area contributed by atoms with Gasteiger partial charge in [-0.25, -0.2) is 0 Å². The number of esters is 1. The Bertz CT molecular complexity index is 387. The minimum absolute atomic E-state index is 0.153. The number of fused-ring (bicyclic) bond motifs is 1. The lowest BCUT2D eigenvalue weighted by molar-refractivity contribution is -0.199. The highest BCUT2D eigenvalue weighted by Crippen LogP contribution is 2.56. The average molecular weight is 266 g/mol. The van der Waals surface area contributed by atoms with E-state index in [4.69, 9.17) is 4.74 Å². The minimum atomic E-state index is -0.843. The normalized spacial score (nSPS) is 39.0. The Morgan fingerprint density at radius 3 is 2.63 bits per heavy atom. The van der Waals surface area contributed by atoms with Gasteiger partial charge in [-0.15, -0.1) is 0 Å². The Balaban J connectivity index is 2.38. The summed E-state index contributed by atoms with van der Waals surface area (Å²) in [6.45, 7) is 7.96. The second kappa shape index (κ2) is 4.92. The molecule has 0 amide bonds. The number of carbonyl (C=O) groups is 2. The van der Waals surface area contributed by atoms with Gasteiger partial charge in [-0.3, -0.25) is 9.59 Å². The fourth-order valence-corrected chi connectivity index (χ4v) is 4.08. The number of carbonyl (C=O) groups excluding carboxylic acids is 2. The van der Waals surface area contributed by atoms with Crippen molar-refractivity contribution in [3.05, 3.63) is 0 Å². The summed E-state index contributed by atoms with van der Waals surface area (Å²) in [7, 11) is 0. The van der Waals surface area contributed by atoms with Crippen LogP contribution in [0.1, 0.15) is 66.2 Å². The monoisotopic (exact) mass is 266 g/mol. The first-order valence-electron chi connectivity index (χ1n) is 7.54. The predicted octanol–water partition coefficient (Wildman–Crippen LogP) is 3.50. The summed E-state index contributed by atoms with van der Waals surface area (Å²) in [5, 5.41) is 0. The molecule has 3 atom stereocenters. The molecule has 2 rings (SSSR count). The molecule has 0 aliphatic heterocycles. The molecule has 0 bridgehead atoms. The maximum absolute atomic E-state index is 12.6. The maximum atomic E-state index is 12.6. The van der Waals surface area contributed by atoms with E-state index in [1.165, 1.54) is 6.92 Å². The van der Waals surface area contributed by atoms with E-state index in [0.717, 1.165) is 32.1 Å². The molecule has 108 valence electrons. The highest BCUT2D eigenvalue weighted by Gasteiger charge is 2.60. The predicted molar refractivity (Wildman–Crippen MR) is 73.6 cm³/mol. The number of rotatable bonds is 2. The zero-order valence-corrected chi connectivity index (χ0v) is 12.6. The molecule has 0 radical (unpaired) electrons. The lowest BCUT2D eigenvalue weighted by atomic mass is 9.53. The lowest BCUT2D eigenvalue weighted by Gasteiger charge is -2.54. The summed E-state index contributed by atoms with van der Waals surface area (Å²) in [5.41, 5.74) is -0.996. The molecular weight excluding hydrogens is 240 g/mol. The molecule has 3 heteroatoms. The van der Waals surface area contributed by atoms with Crippen molar-refractivity contribution >= 4 is 11.8 Å². The van der Waals surface area contributed by atoms with Gasteiger partial charge in [0, 0.05) is 18.8 Å². The molecule has 0 aromatic rings. The molecule has 0 aromatic heterocycles. The van der Waals surface area contributed by atoms with Gasteiger partial charge >= 0.3 is 5.97 Å². The molecular formula is C16H26O3. The third-order valence-corrected chi connectivity index (χ3v) is 5.44. The molecule has 0 unspecified atom stereocenters. The third-order valence-electron chi connectivity index (χ3n) is 5.44. The molecule has 2 aliphatic carbocycles. The second-order valence-corrected chi connectivity index (χ2v) is 7.00. The summed E-state index contributed by atoms with van der Waals surface area (Å²) in [6, 6.07) is 0. The van der Waals surface area contributed by atoms with Gasteiger partial charge in [0.25, 0.3) is 0 Å². The zero-order valence-electron chi connectivity index (χ0n) is 12.6. The fourth-order valence-electron chi connectivity index (χ4n) is 4.08. The van der Waals surface area contributed by atoms with Crippen LogP contribution in [0.3, 0.4) is 0 Å². The Kier molecular flexibility index (Phi) is 3.76. The van der Waals surface area contributed by atoms with Crippen LogP contribution >= 0.6 is 0 Å². The molecule has 0 spiro atoms. The zero-order chi connectivity index (χ0) is 14.3. The van der Waals surface area contributed by atoms with Crippen LogP contribution in [0.5, 0.6) is 0 Å². The molecule has 2 aliphatic rings. The van der Waals surface area contributed by atoms with Gasteiger partial charge in [-0.2, -0.15) is 0 Å². The van der Waals surface area contributed by atoms with E-state index in [9.17, 15) is 9.59 Å². The average Bonchev–Trinajstić information content (AvgIpc) is 2.30. The summed E-state index contributed by atoms with van der Waals surface area (Å²) in [6.07, 6.45) is 5.36. The maximum Gasteiger partial charge on any atom is 0.303 e. The standard InChI is InChI=1S/C16H26O3/c1-11(2)13-7-9-15(4)8-5-6-14(18)16(15,10-13)19-12(3)17/h11,13H,5-10H2,1-4H3/t13-,15+,16-/m1/s1. The Hall–Kier alpha value is -0.860. The SMILES string of the molecule is CC(=O)O[C@@]12C[C@H](C(C)C)CC[C@]1(C)CCCC2=O. The third kappa shape index (κ3) is 2.32. The van der Waals surface area contributed by atoms with Crippen molar-refractivity contribution in [1.29, 1.82) is 0 Å². The van der Waals surface area contributed by atoms with Crippen LogP contribution in [0, 0.1) is 17.3 Å². The first-order valence-corrected chi connectivity index (χ1v) is 7.54. The van der Waals surface area contributed by atoms with E-state index < -0.39 is 5.60 Å². The largest absolute Gasteiger partial charge is 0.451 e. The molecule has 2 saturated carbocycles. The summed E-state index contributed by atoms with van der Waals surface area (Å²) < 4.78 is 5.69. The van der Waals surface area contributed by atoms with Gasteiger partial charge < -0.3 is 4.74 Å². The van der Waals surface area contributed by atoms with Gasteiger partial charge in [-0.1, -0.05) is 20.8 Å². The van der Waals surface area contributed by atoms with Crippen LogP contribution in [-0.4, -0.2) is 17.4 Å². The molecule has 0 saturated heterocycles. The van der Waals surface area contributed by atoms with Crippen molar-refractivity contribution in [2.24, 2.45) is 17.3 Å². The summed E-state index contributed by atoms with van der Waals surface area (Å²) in [5.74, 6) is 0.855. The summed E-state index contributed by atoms with van der Waals surface area (Å²) in [4.78, 5) is 24.1. The minimum Gasteiger partial charge on any atom is -0.451 e. The van der Waals surface area contributed by atoms with E-state index in [1.807, 2.05) is 0 Å². The van der Waals surface area contributed by atoms with Gasteiger partial charge in [-0.05, 0) is 43.9 Å². The number of hydrogen-bond donors (Lipinski definition) is 0. The highest BCUT2D eigenvalue weighted by atomic mass is 16.6. The Labute approximate surface area is 116 Å². The molecule has 0 N–H and O–H groups in total. The van der Waals surface area contributed by atoms with Gasteiger partial charge in [0.05, 0.1) is 0 Å². The van der Waals surface area contributed by atoms with E-state index in [-0.39, 0.29) is 17.2 Å². The van der Waals surface area contributed by atoms with Gasteiger partial charge in [0.2, 0.25) is 0 Å². The van der Waals surface area contributed by atoms with E-state index in [2.05, 4.69) is 20.8 Å². The smallest absolute Gasteiger partial charge is 0.303 e. The van der Waals surface area contributed by atoms with Crippen molar-refractivity contribution in [3.8, 4) is 0 Å². The van der Waals surface area contributed by atoms with Crippen molar-refractivity contribution in [3.63, 3.8) is 0 Å². The van der Waals surface area contributed by atoms with Crippen LogP contribution < -0.4 is 0 Å².